The van der Waals surface area contributed by atoms with Crippen molar-refractivity contribution in [3.05, 3.63) is 94.0 Å². The van der Waals surface area contributed by atoms with Crippen LogP contribution in [0.2, 0.25) is 0 Å². The Balaban J connectivity index is 2.02. The van der Waals surface area contributed by atoms with E-state index >= 15 is 0 Å². The number of rotatable bonds is 11. The van der Waals surface area contributed by atoms with Gasteiger partial charge in [-0.05, 0) is 63.1 Å². The Labute approximate surface area is 234 Å². The fourth-order valence-corrected chi connectivity index (χ4v) is 5.78. The van der Waals surface area contributed by atoms with Crippen molar-refractivity contribution in [3.63, 3.8) is 0 Å². The molecule has 2 amide bonds. The fourth-order valence-electron chi connectivity index (χ4n) is 3.98. The average Bonchev–Trinajstić information content (AvgIpc) is 2.88. The van der Waals surface area contributed by atoms with E-state index in [2.05, 4.69) is 21.2 Å². The predicted molar refractivity (Wildman–Crippen MR) is 154 cm³/mol. The molecule has 0 aliphatic carbocycles. The van der Waals surface area contributed by atoms with Gasteiger partial charge in [-0.2, -0.15) is 0 Å². The van der Waals surface area contributed by atoms with Gasteiger partial charge in [0.05, 0.1) is 10.6 Å². The molecule has 0 aliphatic heterocycles. The van der Waals surface area contributed by atoms with Gasteiger partial charge in [-0.3, -0.25) is 13.9 Å². The van der Waals surface area contributed by atoms with E-state index in [1.165, 1.54) is 17.0 Å². The Bertz CT molecular complexity index is 1380. The summed E-state index contributed by atoms with van der Waals surface area (Å²) in [5.41, 5.74) is 3.14. The molecule has 202 valence electrons. The summed E-state index contributed by atoms with van der Waals surface area (Å²) in [6.45, 7) is 7.63. The lowest BCUT2D eigenvalue weighted by Gasteiger charge is -2.32. The largest absolute Gasteiger partial charge is 0.354 e. The average molecular weight is 601 g/mol. The zero-order valence-electron chi connectivity index (χ0n) is 22.1. The van der Waals surface area contributed by atoms with Crippen molar-refractivity contribution in [2.75, 3.05) is 17.4 Å². The summed E-state index contributed by atoms with van der Waals surface area (Å²) in [7, 11) is -4.09. The molecule has 0 fully saturated rings. The van der Waals surface area contributed by atoms with Crippen LogP contribution in [-0.2, 0) is 26.2 Å². The summed E-state index contributed by atoms with van der Waals surface area (Å²) in [6, 6.07) is 20.2. The number of nitrogens with zero attached hydrogens (tertiary/aromatic N) is 2. The van der Waals surface area contributed by atoms with Gasteiger partial charge in [0.25, 0.3) is 10.0 Å². The first kappa shape index (κ1) is 29.4. The van der Waals surface area contributed by atoms with E-state index in [4.69, 9.17) is 0 Å². The van der Waals surface area contributed by atoms with E-state index < -0.39 is 28.5 Å². The highest BCUT2D eigenvalue weighted by atomic mass is 79.9. The Morgan fingerprint density at radius 2 is 1.63 bits per heavy atom. The first-order valence-electron chi connectivity index (χ1n) is 12.5. The van der Waals surface area contributed by atoms with Gasteiger partial charge in [0.15, 0.2) is 0 Å². The predicted octanol–water partition coefficient (Wildman–Crippen LogP) is 5.20. The number of sulfonamides is 1. The Morgan fingerprint density at radius 3 is 2.26 bits per heavy atom. The van der Waals surface area contributed by atoms with Crippen molar-refractivity contribution in [3.8, 4) is 0 Å². The number of aryl methyl sites for hydroxylation is 2. The quantitative estimate of drug-likeness (QED) is 0.328. The van der Waals surface area contributed by atoms with Crippen molar-refractivity contribution < 1.29 is 18.0 Å². The van der Waals surface area contributed by atoms with Gasteiger partial charge >= 0.3 is 0 Å². The standard InChI is InChI=1S/C29H34BrN3O4S/c1-5-16-31-29(35)23(4)32(19-24-9-6-8-22(3)17-24)28(34)20-33(26-11-7-10-25(30)18-26)38(36,37)27-14-12-21(2)13-15-27/h6-15,17-18,23H,5,16,19-20H2,1-4H3,(H,31,35). The number of amides is 2. The van der Waals surface area contributed by atoms with E-state index in [1.807, 2.05) is 45.0 Å². The second-order valence-electron chi connectivity index (χ2n) is 9.28. The Hall–Kier alpha value is -3.17. The molecule has 3 aromatic rings. The molecule has 3 aromatic carbocycles. The number of nitrogens with one attached hydrogen (secondary N) is 1. The summed E-state index contributed by atoms with van der Waals surface area (Å²) in [5.74, 6) is -0.774. The molecule has 0 bridgehead atoms. The third-order valence-electron chi connectivity index (χ3n) is 6.14. The lowest BCUT2D eigenvalue weighted by molar-refractivity contribution is -0.139. The van der Waals surface area contributed by atoms with Crippen LogP contribution in [0, 0.1) is 13.8 Å². The smallest absolute Gasteiger partial charge is 0.264 e. The zero-order valence-corrected chi connectivity index (χ0v) is 24.6. The number of halogens is 1. The fraction of sp³-hybridized carbons (Fsp3) is 0.310. The van der Waals surface area contributed by atoms with Crippen molar-refractivity contribution in [2.45, 2.75) is 51.6 Å². The van der Waals surface area contributed by atoms with Crippen LogP contribution < -0.4 is 9.62 Å². The minimum atomic E-state index is -4.09. The number of anilines is 1. The summed E-state index contributed by atoms with van der Waals surface area (Å²) >= 11 is 3.41. The molecule has 3 rings (SSSR count). The maximum absolute atomic E-state index is 13.9. The molecule has 9 heteroatoms. The van der Waals surface area contributed by atoms with Gasteiger partial charge in [0.1, 0.15) is 12.6 Å². The molecule has 1 unspecified atom stereocenters. The molecule has 1 N–H and O–H groups in total. The first-order valence-corrected chi connectivity index (χ1v) is 14.7. The van der Waals surface area contributed by atoms with Crippen molar-refractivity contribution in [1.82, 2.24) is 10.2 Å². The van der Waals surface area contributed by atoms with Crippen LogP contribution in [0.25, 0.3) is 0 Å². The van der Waals surface area contributed by atoms with Crippen LogP contribution in [-0.4, -0.2) is 44.3 Å². The van der Waals surface area contributed by atoms with Crippen molar-refractivity contribution in [2.24, 2.45) is 0 Å². The van der Waals surface area contributed by atoms with E-state index in [-0.39, 0.29) is 17.3 Å². The van der Waals surface area contributed by atoms with Crippen LogP contribution >= 0.6 is 15.9 Å². The highest BCUT2D eigenvalue weighted by Crippen LogP contribution is 2.27. The van der Waals surface area contributed by atoms with E-state index in [9.17, 15) is 18.0 Å². The summed E-state index contributed by atoms with van der Waals surface area (Å²) in [5, 5.41) is 2.85. The van der Waals surface area contributed by atoms with Gasteiger partial charge < -0.3 is 10.2 Å². The molecule has 38 heavy (non-hydrogen) atoms. The Morgan fingerprint density at radius 1 is 0.947 bits per heavy atom. The third kappa shape index (κ3) is 7.45. The molecule has 1 atom stereocenters. The monoisotopic (exact) mass is 599 g/mol. The minimum Gasteiger partial charge on any atom is -0.354 e. The molecule has 0 heterocycles. The van der Waals surface area contributed by atoms with Gasteiger partial charge in [0.2, 0.25) is 11.8 Å². The topological polar surface area (TPSA) is 86.8 Å². The second-order valence-corrected chi connectivity index (χ2v) is 12.1. The van der Waals surface area contributed by atoms with Crippen LogP contribution in [0.15, 0.2) is 82.2 Å². The second kappa shape index (κ2) is 13.1. The van der Waals surface area contributed by atoms with Crippen LogP contribution in [0.5, 0.6) is 0 Å². The molecular weight excluding hydrogens is 566 g/mol. The third-order valence-corrected chi connectivity index (χ3v) is 8.42. The number of carbonyl (C=O) groups excluding carboxylic acids is 2. The Kier molecular flexibility index (Phi) is 10.1. The number of carbonyl (C=O) groups is 2. The molecule has 0 saturated heterocycles. The maximum atomic E-state index is 13.9. The number of hydrogen-bond acceptors (Lipinski definition) is 4. The highest BCUT2D eigenvalue weighted by molar-refractivity contribution is 9.10. The van der Waals surface area contributed by atoms with Crippen molar-refractivity contribution in [1.29, 1.82) is 0 Å². The van der Waals surface area contributed by atoms with Crippen LogP contribution in [0.4, 0.5) is 5.69 Å². The van der Waals surface area contributed by atoms with E-state index in [0.29, 0.717) is 16.7 Å². The summed E-state index contributed by atoms with van der Waals surface area (Å²) in [6.07, 6.45) is 0.760. The van der Waals surface area contributed by atoms with Crippen LogP contribution in [0.3, 0.4) is 0 Å². The SMILES string of the molecule is CCCNC(=O)C(C)N(Cc1cccc(C)c1)C(=O)CN(c1cccc(Br)c1)S(=O)(=O)c1ccc(C)cc1. The molecule has 7 nitrogen and oxygen atoms in total. The first-order chi connectivity index (χ1) is 18.0. The molecule has 0 aromatic heterocycles. The van der Waals surface area contributed by atoms with Gasteiger partial charge in [0, 0.05) is 17.6 Å². The molecule has 0 radical (unpaired) electrons. The molecular formula is C29H34BrN3O4S. The summed E-state index contributed by atoms with van der Waals surface area (Å²) < 4.78 is 29.4. The number of hydrogen-bond donors (Lipinski definition) is 1. The molecule has 0 aliphatic rings. The van der Waals surface area contributed by atoms with Crippen LogP contribution in [0.1, 0.15) is 37.0 Å². The molecule has 0 saturated carbocycles. The van der Waals surface area contributed by atoms with Gasteiger partial charge in [-0.1, -0.05) is 76.4 Å². The van der Waals surface area contributed by atoms with Gasteiger partial charge in [-0.15, -0.1) is 0 Å². The summed E-state index contributed by atoms with van der Waals surface area (Å²) in [4.78, 5) is 28.3. The lowest BCUT2D eigenvalue weighted by atomic mass is 10.1. The molecule has 0 spiro atoms. The minimum absolute atomic E-state index is 0.0786. The highest BCUT2D eigenvalue weighted by Gasteiger charge is 2.32. The lowest BCUT2D eigenvalue weighted by Crippen LogP contribution is -2.51. The number of benzene rings is 3. The van der Waals surface area contributed by atoms with E-state index in [0.717, 1.165) is 27.4 Å². The van der Waals surface area contributed by atoms with Gasteiger partial charge in [-0.25, -0.2) is 8.42 Å². The normalized spacial score (nSPS) is 12.0. The van der Waals surface area contributed by atoms with E-state index in [1.54, 1.807) is 43.3 Å². The van der Waals surface area contributed by atoms with Crippen molar-refractivity contribution >= 4 is 43.5 Å². The maximum Gasteiger partial charge on any atom is 0.264 e. The zero-order chi connectivity index (χ0) is 27.9.